The summed E-state index contributed by atoms with van der Waals surface area (Å²) in [6.07, 6.45) is 3.57. The highest BCUT2D eigenvalue weighted by Crippen LogP contribution is 2.29. The maximum absolute atomic E-state index is 12.7. The molecule has 2 aliphatic heterocycles. The van der Waals surface area contributed by atoms with Gasteiger partial charge >= 0.3 is 0 Å². The fourth-order valence-corrected chi connectivity index (χ4v) is 4.04. The minimum Gasteiger partial charge on any atom is -0.335 e. The molecule has 2 N–H and O–H groups in total. The van der Waals surface area contributed by atoms with Crippen molar-refractivity contribution in [2.75, 3.05) is 18.4 Å². The van der Waals surface area contributed by atoms with Gasteiger partial charge in [-0.05, 0) is 25.8 Å². The van der Waals surface area contributed by atoms with E-state index in [0.29, 0.717) is 23.6 Å². The van der Waals surface area contributed by atoms with E-state index in [2.05, 4.69) is 20.5 Å². The van der Waals surface area contributed by atoms with Crippen molar-refractivity contribution in [1.82, 2.24) is 15.2 Å². The molecular weight excluding hydrogens is 312 g/mol. The number of amides is 2. The summed E-state index contributed by atoms with van der Waals surface area (Å²) in [4.78, 5) is 30.9. The Kier molecular flexibility index (Phi) is 4.96. The Balaban J connectivity index is 1.62. The van der Waals surface area contributed by atoms with Crippen molar-refractivity contribution in [3.8, 4) is 0 Å². The van der Waals surface area contributed by atoms with Gasteiger partial charge in [0.05, 0.1) is 12.1 Å². The van der Waals surface area contributed by atoms with E-state index < -0.39 is 0 Å². The van der Waals surface area contributed by atoms with Gasteiger partial charge in [-0.15, -0.1) is 11.3 Å². The molecular formula is C16H24N4O2S. The van der Waals surface area contributed by atoms with Crippen molar-refractivity contribution < 1.29 is 9.59 Å². The van der Waals surface area contributed by atoms with Crippen LogP contribution in [-0.4, -0.2) is 46.9 Å². The van der Waals surface area contributed by atoms with Crippen molar-refractivity contribution in [1.29, 1.82) is 0 Å². The van der Waals surface area contributed by atoms with Crippen LogP contribution in [0.1, 0.15) is 38.8 Å². The topological polar surface area (TPSA) is 74.3 Å². The molecule has 2 fully saturated rings. The highest BCUT2D eigenvalue weighted by atomic mass is 32.1. The minimum absolute atomic E-state index is 0.0473. The number of hydrogen-bond donors (Lipinski definition) is 2. The third-order valence-corrected chi connectivity index (χ3v) is 5.39. The van der Waals surface area contributed by atoms with Crippen molar-refractivity contribution in [2.45, 2.75) is 51.6 Å². The van der Waals surface area contributed by atoms with Crippen LogP contribution < -0.4 is 10.6 Å². The normalized spacial score (nSPS) is 23.9. The number of rotatable bonds is 4. The monoisotopic (exact) mass is 336 g/mol. The molecule has 2 atom stereocenters. The second kappa shape index (κ2) is 6.97. The molecule has 2 unspecified atom stereocenters. The van der Waals surface area contributed by atoms with E-state index in [1.54, 1.807) is 0 Å². The summed E-state index contributed by atoms with van der Waals surface area (Å²) in [5.41, 5.74) is 0.746. The summed E-state index contributed by atoms with van der Waals surface area (Å²) >= 11 is 1.38. The van der Waals surface area contributed by atoms with Gasteiger partial charge in [-0.25, -0.2) is 4.98 Å². The number of carbonyl (C=O) groups excluding carboxylic acids is 2. The van der Waals surface area contributed by atoms with Gasteiger partial charge in [-0.2, -0.15) is 0 Å². The Morgan fingerprint density at radius 2 is 2.17 bits per heavy atom. The predicted molar refractivity (Wildman–Crippen MR) is 90.4 cm³/mol. The summed E-state index contributed by atoms with van der Waals surface area (Å²) in [7, 11) is 0. The zero-order valence-electron chi connectivity index (χ0n) is 13.7. The van der Waals surface area contributed by atoms with Gasteiger partial charge in [0.2, 0.25) is 11.8 Å². The fraction of sp³-hybridized carbons (Fsp3) is 0.688. The Bertz CT molecular complexity index is 572. The van der Waals surface area contributed by atoms with Crippen LogP contribution in [0.3, 0.4) is 0 Å². The first-order valence-corrected chi connectivity index (χ1v) is 9.19. The highest BCUT2D eigenvalue weighted by Gasteiger charge is 2.37. The first kappa shape index (κ1) is 16.4. The molecule has 2 aliphatic rings. The second-order valence-corrected chi connectivity index (χ2v) is 7.50. The van der Waals surface area contributed by atoms with Gasteiger partial charge in [0.15, 0.2) is 5.13 Å². The number of fused-ring (bicyclic) bond motifs is 2. The summed E-state index contributed by atoms with van der Waals surface area (Å²) in [6.45, 7) is 5.58. The first-order chi connectivity index (χ1) is 11.0. The smallest absolute Gasteiger partial charge is 0.229 e. The molecule has 0 aliphatic carbocycles. The van der Waals surface area contributed by atoms with E-state index in [9.17, 15) is 9.59 Å². The number of hydrogen-bond acceptors (Lipinski definition) is 5. The van der Waals surface area contributed by atoms with E-state index in [-0.39, 0.29) is 17.7 Å². The molecule has 3 rings (SSSR count). The molecule has 0 saturated carbocycles. The predicted octanol–water partition coefficient (Wildman–Crippen LogP) is 1.63. The van der Waals surface area contributed by atoms with E-state index in [1.165, 1.54) is 11.3 Å². The minimum atomic E-state index is -0.0794. The molecule has 2 bridgehead atoms. The van der Waals surface area contributed by atoms with Gasteiger partial charge in [-0.3, -0.25) is 9.59 Å². The van der Waals surface area contributed by atoms with Crippen LogP contribution in [-0.2, 0) is 16.0 Å². The van der Waals surface area contributed by atoms with Crippen LogP contribution in [0, 0.1) is 5.92 Å². The van der Waals surface area contributed by atoms with Gasteiger partial charge < -0.3 is 15.5 Å². The van der Waals surface area contributed by atoms with Gasteiger partial charge in [0.1, 0.15) is 0 Å². The van der Waals surface area contributed by atoms with E-state index in [4.69, 9.17) is 0 Å². The van der Waals surface area contributed by atoms with Crippen LogP contribution in [0.25, 0.3) is 0 Å². The highest BCUT2D eigenvalue weighted by molar-refractivity contribution is 7.13. The van der Waals surface area contributed by atoms with Gasteiger partial charge in [0.25, 0.3) is 0 Å². The van der Waals surface area contributed by atoms with Crippen LogP contribution in [0.2, 0.25) is 0 Å². The molecule has 0 aromatic carbocycles. The quantitative estimate of drug-likeness (QED) is 0.876. The van der Waals surface area contributed by atoms with Crippen molar-refractivity contribution in [3.05, 3.63) is 11.1 Å². The SMILES string of the molecule is CC(C)C(=O)Nc1nc(CC(=O)N2C3CCNCC2CC3)cs1. The lowest BCUT2D eigenvalue weighted by atomic mass is 10.1. The van der Waals surface area contributed by atoms with Crippen LogP contribution in [0.4, 0.5) is 5.13 Å². The van der Waals surface area contributed by atoms with Crippen molar-refractivity contribution >= 4 is 28.3 Å². The Morgan fingerprint density at radius 3 is 2.96 bits per heavy atom. The molecule has 0 spiro atoms. The molecule has 126 valence electrons. The molecule has 7 heteroatoms. The Labute approximate surface area is 140 Å². The number of anilines is 1. The average Bonchev–Trinajstić information content (AvgIpc) is 3.01. The third kappa shape index (κ3) is 3.72. The molecule has 1 aromatic rings. The molecule has 0 radical (unpaired) electrons. The molecule has 3 heterocycles. The van der Waals surface area contributed by atoms with Crippen molar-refractivity contribution in [2.24, 2.45) is 5.92 Å². The maximum Gasteiger partial charge on any atom is 0.229 e. The standard InChI is InChI=1S/C16H24N4O2S/c1-10(2)15(22)19-16-18-11(9-23-16)7-14(21)20-12-3-4-13(20)8-17-6-5-12/h9-10,12-13,17H,3-8H2,1-2H3,(H,18,19,22). The molecule has 23 heavy (non-hydrogen) atoms. The van der Waals surface area contributed by atoms with Crippen molar-refractivity contribution in [3.63, 3.8) is 0 Å². The fourth-order valence-electron chi connectivity index (χ4n) is 3.33. The second-order valence-electron chi connectivity index (χ2n) is 6.64. The summed E-state index contributed by atoms with van der Waals surface area (Å²) < 4.78 is 0. The lowest BCUT2D eigenvalue weighted by Crippen LogP contribution is -2.43. The largest absolute Gasteiger partial charge is 0.335 e. The number of thiazole rings is 1. The van der Waals surface area contributed by atoms with Gasteiger partial charge in [0, 0.05) is 29.9 Å². The number of nitrogens with zero attached hydrogens (tertiary/aromatic N) is 2. The van der Waals surface area contributed by atoms with E-state index in [1.807, 2.05) is 19.2 Å². The molecule has 6 nitrogen and oxygen atoms in total. The summed E-state index contributed by atoms with van der Waals surface area (Å²) in [5.74, 6) is 0.0336. The van der Waals surface area contributed by atoms with Gasteiger partial charge in [-0.1, -0.05) is 13.8 Å². The van der Waals surface area contributed by atoms with E-state index >= 15 is 0 Å². The number of nitrogens with one attached hydrogen (secondary N) is 2. The number of carbonyl (C=O) groups is 2. The lowest BCUT2D eigenvalue weighted by molar-refractivity contribution is -0.133. The maximum atomic E-state index is 12.7. The Hall–Kier alpha value is -1.47. The van der Waals surface area contributed by atoms with Crippen LogP contribution in [0.15, 0.2) is 5.38 Å². The summed E-state index contributed by atoms with van der Waals surface area (Å²) in [6, 6.07) is 0.704. The zero-order valence-corrected chi connectivity index (χ0v) is 14.5. The first-order valence-electron chi connectivity index (χ1n) is 8.31. The molecule has 2 saturated heterocycles. The molecule has 1 aromatic heterocycles. The average molecular weight is 336 g/mol. The van der Waals surface area contributed by atoms with Crippen LogP contribution in [0.5, 0.6) is 0 Å². The summed E-state index contributed by atoms with van der Waals surface area (Å²) in [5, 5.41) is 8.64. The zero-order chi connectivity index (χ0) is 16.4. The molecule has 2 amide bonds. The lowest BCUT2D eigenvalue weighted by Gasteiger charge is -2.27. The Morgan fingerprint density at radius 1 is 1.39 bits per heavy atom. The number of aromatic nitrogens is 1. The van der Waals surface area contributed by atoms with Crippen LogP contribution >= 0.6 is 11.3 Å². The van der Waals surface area contributed by atoms with E-state index in [0.717, 1.165) is 38.0 Å². The third-order valence-electron chi connectivity index (χ3n) is 4.58.